The lowest BCUT2D eigenvalue weighted by Gasteiger charge is -2.38. The first-order valence-electron chi connectivity index (χ1n) is 9.34. The van der Waals surface area contributed by atoms with Gasteiger partial charge in [-0.25, -0.2) is 13.6 Å². The first-order valence-corrected chi connectivity index (χ1v) is 9.75. The number of hydrogen-bond acceptors (Lipinski definition) is 6. The van der Waals surface area contributed by atoms with Crippen molar-refractivity contribution in [2.75, 3.05) is 43.5 Å². The van der Waals surface area contributed by atoms with Gasteiger partial charge >= 0.3 is 5.97 Å². The Balaban J connectivity index is 1.63. The van der Waals surface area contributed by atoms with E-state index in [0.717, 1.165) is 30.5 Å². The zero-order chi connectivity index (χ0) is 22.7. The molecule has 1 N–H and O–H groups in total. The van der Waals surface area contributed by atoms with E-state index in [1.54, 1.807) is 6.07 Å². The van der Waals surface area contributed by atoms with Crippen molar-refractivity contribution >= 4 is 40.4 Å². The maximum atomic E-state index is 14.1. The molecule has 0 bridgehead atoms. The molecule has 0 aromatic heterocycles. The molecule has 0 amide bonds. The molecule has 1 aliphatic heterocycles. The van der Waals surface area contributed by atoms with Gasteiger partial charge in [0.15, 0.2) is 5.11 Å². The molecule has 11 heteroatoms. The molecule has 0 atom stereocenters. The van der Waals surface area contributed by atoms with Gasteiger partial charge in [-0.05, 0) is 42.9 Å². The van der Waals surface area contributed by atoms with Crippen molar-refractivity contribution in [2.24, 2.45) is 0 Å². The van der Waals surface area contributed by atoms with Crippen LogP contribution in [0.3, 0.4) is 0 Å². The summed E-state index contributed by atoms with van der Waals surface area (Å²) in [6, 6.07) is 6.71. The predicted molar refractivity (Wildman–Crippen MR) is 116 cm³/mol. The van der Waals surface area contributed by atoms with Crippen LogP contribution in [0.4, 0.5) is 25.8 Å². The van der Waals surface area contributed by atoms with Crippen LogP contribution in [0.5, 0.6) is 0 Å². The second-order valence-corrected chi connectivity index (χ2v) is 7.33. The second-order valence-electron chi connectivity index (χ2n) is 6.94. The van der Waals surface area contributed by atoms with E-state index in [9.17, 15) is 23.7 Å². The van der Waals surface area contributed by atoms with Gasteiger partial charge in [0.1, 0.15) is 17.2 Å². The van der Waals surface area contributed by atoms with E-state index in [0.29, 0.717) is 31.3 Å². The Labute approximate surface area is 182 Å². The van der Waals surface area contributed by atoms with Crippen LogP contribution in [-0.2, 0) is 4.74 Å². The van der Waals surface area contributed by atoms with E-state index in [1.807, 2.05) is 11.8 Å². The monoisotopic (exact) mass is 450 g/mol. The van der Waals surface area contributed by atoms with E-state index in [2.05, 4.69) is 15.0 Å². The smallest absolute Gasteiger partial charge is 0.343 e. The molecule has 0 aliphatic carbocycles. The van der Waals surface area contributed by atoms with E-state index in [-0.39, 0.29) is 11.4 Å². The zero-order valence-corrected chi connectivity index (χ0v) is 17.7. The Hall–Kier alpha value is -3.34. The number of anilines is 2. The Bertz CT molecular complexity index is 1020. The second kappa shape index (κ2) is 9.21. The highest BCUT2D eigenvalue weighted by atomic mass is 32.1. The maximum absolute atomic E-state index is 14.1. The molecule has 1 fully saturated rings. The minimum absolute atomic E-state index is 0.0444. The average Bonchev–Trinajstić information content (AvgIpc) is 2.73. The van der Waals surface area contributed by atoms with Crippen LogP contribution >= 0.6 is 12.2 Å². The highest BCUT2D eigenvalue weighted by Gasteiger charge is 2.23. The molecule has 3 rings (SSSR count). The van der Waals surface area contributed by atoms with Crippen LogP contribution in [0.25, 0.3) is 0 Å². The Morgan fingerprint density at radius 1 is 1.16 bits per heavy atom. The number of halogens is 2. The summed E-state index contributed by atoms with van der Waals surface area (Å²) >= 11 is 5.36. The first kappa shape index (κ1) is 22.3. The Kier molecular flexibility index (Phi) is 6.64. The summed E-state index contributed by atoms with van der Waals surface area (Å²) in [4.78, 5) is 25.9. The van der Waals surface area contributed by atoms with Gasteiger partial charge in [-0.15, -0.1) is 0 Å². The number of benzene rings is 2. The topological polar surface area (TPSA) is 88.0 Å². The normalized spacial score (nSPS) is 13.7. The van der Waals surface area contributed by atoms with Crippen LogP contribution in [0, 0.1) is 28.7 Å². The third kappa shape index (κ3) is 4.88. The third-order valence-electron chi connectivity index (χ3n) is 4.98. The standard InChI is InChI=1S/C20H20F2N4O4S/c1-12-9-14(26(28)29)3-4-17(12)24-5-7-25(8-6-24)20(31)23-13-10-15(21)18(16(22)11-13)19(27)30-2/h3-4,9-11H,5-8H2,1-2H3,(H,23,31). The number of aryl methyl sites for hydroxylation is 1. The van der Waals surface area contributed by atoms with E-state index in [4.69, 9.17) is 12.2 Å². The quantitative estimate of drug-likeness (QED) is 0.328. The van der Waals surface area contributed by atoms with Crippen molar-refractivity contribution in [3.63, 3.8) is 0 Å². The van der Waals surface area contributed by atoms with Crippen molar-refractivity contribution in [3.8, 4) is 0 Å². The number of non-ortho nitro benzene ring substituents is 1. The number of nitro groups is 1. The minimum atomic E-state index is -1.10. The number of nitrogens with zero attached hydrogens (tertiary/aromatic N) is 3. The SMILES string of the molecule is COC(=O)c1c(F)cc(NC(=S)N2CCN(c3ccc([N+](=O)[O-])cc3C)CC2)cc1F. The largest absolute Gasteiger partial charge is 0.465 e. The molecule has 164 valence electrons. The van der Waals surface area contributed by atoms with Crippen molar-refractivity contribution in [1.82, 2.24) is 4.90 Å². The van der Waals surface area contributed by atoms with E-state index < -0.39 is 28.1 Å². The third-order valence-corrected chi connectivity index (χ3v) is 5.34. The van der Waals surface area contributed by atoms with Gasteiger partial charge in [0, 0.05) is 49.7 Å². The van der Waals surface area contributed by atoms with Crippen molar-refractivity contribution < 1.29 is 23.2 Å². The average molecular weight is 450 g/mol. The van der Waals surface area contributed by atoms with Crippen LogP contribution in [0.2, 0.25) is 0 Å². The number of thiocarbonyl (C=S) groups is 1. The summed E-state index contributed by atoms with van der Waals surface area (Å²) in [7, 11) is 1.04. The molecule has 1 saturated heterocycles. The zero-order valence-electron chi connectivity index (χ0n) is 16.9. The summed E-state index contributed by atoms with van der Waals surface area (Å²) in [6.45, 7) is 4.15. The molecule has 0 radical (unpaired) electrons. The van der Waals surface area contributed by atoms with Gasteiger partial charge in [0.2, 0.25) is 0 Å². The first-order chi connectivity index (χ1) is 14.7. The lowest BCUT2D eigenvalue weighted by Crippen LogP contribution is -2.50. The molecule has 0 saturated carbocycles. The summed E-state index contributed by atoms with van der Waals surface area (Å²) in [6.07, 6.45) is 0. The number of piperazine rings is 1. The van der Waals surface area contributed by atoms with Gasteiger partial charge in [-0.3, -0.25) is 10.1 Å². The Morgan fingerprint density at radius 2 is 1.77 bits per heavy atom. The van der Waals surface area contributed by atoms with Gasteiger partial charge in [0.05, 0.1) is 12.0 Å². The number of hydrogen-bond donors (Lipinski definition) is 1. The molecule has 31 heavy (non-hydrogen) atoms. The molecule has 1 heterocycles. The lowest BCUT2D eigenvalue weighted by atomic mass is 10.1. The number of carbonyl (C=O) groups is 1. The highest BCUT2D eigenvalue weighted by molar-refractivity contribution is 7.80. The van der Waals surface area contributed by atoms with E-state index in [1.165, 1.54) is 12.1 Å². The van der Waals surface area contributed by atoms with Crippen LogP contribution in [0.15, 0.2) is 30.3 Å². The lowest BCUT2D eigenvalue weighted by molar-refractivity contribution is -0.384. The van der Waals surface area contributed by atoms with Gasteiger partial charge in [-0.2, -0.15) is 0 Å². The Morgan fingerprint density at radius 3 is 2.29 bits per heavy atom. The van der Waals surface area contributed by atoms with Crippen LogP contribution < -0.4 is 10.2 Å². The number of nitro benzene ring substituents is 1. The van der Waals surface area contributed by atoms with Crippen molar-refractivity contribution in [2.45, 2.75) is 6.92 Å². The molecule has 2 aromatic rings. The fourth-order valence-corrected chi connectivity index (χ4v) is 3.70. The molecule has 2 aromatic carbocycles. The molecule has 0 unspecified atom stereocenters. The molecule has 0 spiro atoms. The highest BCUT2D eigenvalue weighted by Crippen LogP contribution is 2.26. The van der Waals surface area contributed by atoms with E-state index >= 15 is 0 Å². The number of ether oxygens (including phenoxy) is 1. The van der Waals surface area contributed by atoms with Gasteiger partial charge in [0.25, 0.3) is 5.69 Å². The predicted octanol–water partition coefficient (Wildman–Crippen LogP) is 3.49. The summed E-state index contributed by atoms with van der Waals surface area (Å²) in [5.41, 5.74) is 1.09. The summed E-state index contributed by atoms with van der Waals surface area (Å²) < 4.78 is 32.6. The minimum Gasteiger partial charge on any atom is -0.465 e. The van der Waals surface area contributed by atoms with Gasteiger partial charge < -0.3 is 19.9 Å². The fraction of sp³-hybridized carbons (Fsp3) is 0.300. The molecular formula is C20H20F2N4O4S. The van der Waals surface area contributed by atoms with Crippen LogP contribution in [0.1, 0.15) is 15.9 Å². The van der Waals surface area contributed by atoms with Crippen molar-refractivity contribution in [3.05, 3.63) is 63.2 Å². The van der Waals surface area contributed by atoms with Crippen LogP contribution in [-0.4, -0.2) is 54.2 Å². The van der Waals surface area contributed by atoms with Gasteiger partial charge in [-0.1, -0.05) is 0 Å². The van der Waals surface area contributed by atoms with Crippen molar-refractivity contribution in [1.29, 1.82) is 0 Å². The number of methoxy groups -OCH3 is 1. The molecule has 8 nitrogen and oxygen atoms in total. The number of nitrogens with one attached hydrogen (secondary N) is 1. The number of esters is 1. The summed E-state index contributed by atoms with van der Waals surface area (Å²) in [5, 5.41) is 14.0. The molecule has 1 aliphatic rings. The number of rotatable bonds is 4. The number of carbonyl (C=O) groups excluding carboxylic acids is 1. The molecular weight excluding hydrogens is 430 g/mol. The maximum Gasteiger partial charge on any atom is 0.343 e. The fourth-order valence-electron chi connectivity index (χ4n) is 3.40. The summed E-state index contributed by atoms with van der Waals surface area (Å²) in [5.74, 6) is -3.19.